The Hall–Kier alpha value is -2.55. The summed E-state index contributed by atoms with van der Waals surface area (Å²) in [6.45, 7) is 0.611. The Balaban J connectivity index is 2.00. The smallest absolute Gasteiger partial charge is 0.0841 e. The Kier molecular flexibility index (Phi) is 4.79. The van der Waals surface area contributed by atoms with E-state index in [1.807, 2.05) is 12.1 Å². The highest BCUT2D eigenvalue weighted by atomic mass is 35.5. The van der Waals surface area contributed by atoms with E-state index in [-0.39, 0.29) is 6.04 Å². The van der Waals surface area contributed by atoms with Crippen molar-refractivity contribution in [2.75, 3.05) is 6.54 Å². The fourth-order valence-corrected chi connectivity index (χ4v) is 3.85. The summed E-state index contributed by atoms with van der Waals surface area (Å²) in [5.41, 5.74) is 10.8. The first kappa shape index (κ1) is 16.9. The van der Waals surface area contributed by atoms with E-state index in [0.29, 0.717) is 6.54 Å². The summed E-state index contributed by atoms with van der Waals surface area (Å²) in [4.78, 5) is 0. The highest BCUT2D eigenvalue weighted by Crippen LogP contribution is 2.34. The van der Waals surface area contributed by atoms with E-state index >= 15 is 0 Å². The van der Waals surface area contributed by atoms with Crippen molar-refractivity contribution in [1.82, 2.24) is 4.57 Å². The number of fused-ring (bicyclic) bond motifs is 1. The summed E-state index contributed by atoms with van der Waals surface area (Å²) >= 11 is 6.24. The third kappa shape index (κ3) is 3.14. The molecule has 0 radical (unpaired) electrons. The molecule has 4 aromatic rings. The minimum Gasteiger partial charge on any atom is -0.333 e. The van der Waals surface area contributed by atoms with E-state index in [4.69, 9.17) is 17.3 Å². The molecule has 3 aromatic carbocycles. The van der Waals surface area contributed by atoms with E-state index in [1.54, 1.807) is 0 Å². The Bertz CT molecular complexity index is 967. The van der Waals surface area contributed by atoms with Gasteiger partial charge in [0.1, 0.15) is 0 Å². The number of hydrogen-bond acceptors (Lipinski definition) is 1. The molecule has 26 heavy (non-hydrogen) atoms. The molecule has 0 saturated carbocycles. The van der Waals surface area contributed by atoms with Crippen LogP contribution in [-0.2, 0) is 6.42 Å². The molecule has 0 amide bonds. The van der Waals surface area contributed by atoms with Crippen molar-refractivity contribution in [2.24, 2.45) is 5.73 Å². The normalized spacial score (nSPS) is 11.3. The van der Waals surface area contributed by atoms with Crippen molar-refractivity contribution in [3.05, 3.63) is 107 Å². The number of benzene rings is 3. The van der Waals surface area contributed by atoms with Crippen molar-refractivity contribution < 1.29 is 0 Å². The average Bonchev–Trinajstić information content (AvgIpc) is 3.01. The monoisotopic (exact) mass is 360 g/mol. The van der Waals surface area contributed by atoms with Gasteiger partial charge in [0.15, 0.2) is 0 Å². The second-order valence-electron chi connectivity index (χ2n) is 6.47. The number of nitrogens with zero attached hydrogens (tertiary/aromatic N) is 1. The summed E-state index contributed by atoms with van der Waals surface area (Å²) in [6, 6.07) is 29.6. The quantitative estimate of drug-likeness (QED) is 0.505. The zero-order valence-electron chi connectivity index (χ0n) is 14.5. The molecule has 130 valence electrons. The van der Waals surface area contributed by atoms with Crippen molar-refractivity contribution in [3.8, 4) is 0 Å². The molecular weight excluding hydrogens is 340 g/mol. The number of hydrogen-bond donors (Lipinski definition) is 1. The standard InChI is InChI=1S/C23H21ClN2/c24-20-11-12-22-19(15-20)16-21(13-14-25)26(22)23(17-7-3-1-4-8-17)18-9-5-2-6-10-18/h1-12,15-16,23H,13-14,25H2. The van der Waals surface area contributed by atoms with Gasteiger partial charge in [0.2, 0.25) is 0 Å². The van der Waals surface area contributed by atoms with E-state index < -0.39 is 0 Å². The van der Waals surface area contributed by atoms with Crippen LogP contribution in [0.4, 0.5) is 0 Å². The van der Waals surface area contributed by atoms with Crippen LogP contribution in [0.5, 0.6) is 0 Å². The minimum absolute atomic E-state index is 0.0950. The maximum atomic E-state index is 6.24. The van der Waals surface area contributed by atoms with Crippen LogP contribution in [0.3, 0.4) is 0 Å². The molecule has 4 rings (SSSR count). The van der Waals surface area contributed by atoms with Gasteiger partial charge in [-0.05, 0) is 48.4 Å². The van der Waals surface area contributed by atoms with E-state index in [1.165, 1.54) is 22.3 Å². The van der Waals surface area contributed by atoms with Crippen LogP contribution in [0.1, 0.15) is 22.9 Å². The highest BCUT2D eigenvalue weighted by molar-refractivity contribution is 6.31. The lowest BCUT2D eigenvalue weighted by Crippen LogP contribution is -2.17. The first-order chi connectivity index (χ1) is 12.8. The van der Waals surface area contributed by atoms with Gasteiger partial charge in [-0.2, -0.15) is 0 Å². The number of halogens is 1. The molecule has 2 nitrogen and oxygen atoms in total. The Morgan fingerprint density at radius 2 is 1.42 bits per heavy atom. The van der Waals surface area contributed by atoms with Gasteiger partial charge >= 0.3 is 0 Å². The van der Waals surface area contributed by atoms with Crippen LogP contribution in [-0.4, -0.2) is 11.1 Å². The minimum atomic E-state index is 0.0950. The Labute approximate surface area is 158 Å². The fraction of sp³-hybridized carbons (Fsp3) is 0.130. The molecule has 2 N–H and O–H groups in total. The molecule has 0 saturated heterocycles. The number of rotatable bonds is 5. The van der Waals surface area contributed by atoms with Gasteiger partial charge < -0.3 is 10.3 Å². The fourth-order valence-electron chi connectivity index (χ4n) is 3.67. The molecule has 1 heterocycles. The van der Waals surface area contributed by atoms with Crippen LogP contribution in [0.15, 0.2) is 84.9 Å². The molecular formula is C23H21ClN2. The van der Waals surface area contributed by atoms with Gasteiger partial charge in [-0.25, -0.2) is 0 Å². The predicted octanol–water partition coefficient (Wildman–Crippen LogP) is 5.43. The van der Waals surface area contributed by atoms with E-state index in [2.05, 4.69) is 77.4 Å². The van der Waals surface area contributed by atoms with Gasteiger partial charge in [-0.1, -0.05) is 72.3 Å². The Morgan fingerprint density at radius 3 is 2.00 bits per heavy atom. The summed E-state index contributed by atoms with van der Waals surface area (Å²) < 4.78 is 2.41. The van der Waals surface area contributed by atoms with Gasteiger partial charge in [-0.15, -0.1) is 0 Å². The largest absolute Gasteiger partial charge is 0.333 e. The SMILES string of the molecule is NCCc1cc2cc(Cl)ccc2n1C(c1ccccc1)c1ccccc1. The molecule has 0 spiro atoms. The van der Waals surface area contributed by atoms with Crippen molar-refractivity contribution in [3.63, 3.8) is 0 Å². The first-order valence-corrected chi connectivity index (χ1v) is 9.25. The zero-order valence-corrected chi connectivity index (χ0v) is 15.2. The lowest BCUT2D eigenvalue weighted by atomic mass is 9.98. The maximum Gasteiger partial charge on any atom is 0.0841 e. The number of aromatic nitrogens is 1. The van der Waals surface area contributed by atoms with Crippen LogP contribution >= 0.6 is 11.6 Å². The molecule has 3 heteroatoms. The van der Waals surface area contributed by atoms with E-state index in [9.17, 15) is 0 Å². The van der Waals surface area contributed by atoms with Gasteiger partial charge in [0, 0.05) is 21.6 Å². The molecule has 0 aliphatic heterocycles. The third-order valence-corrected chi connectivity index (χ3v) is 5.01. The van der Waals surface area contributed by atoms with Crippen molar-refractivity contribution in [2.45, 2.75) is 12.5 Å². The molecule has 0 atom stereocenters. The second-order valence-corrected chi connectivity index (χ2v) is 6.91. The topological polar surface area (TPSA) is 30.9 Å². The van der Waals surface area contributed by atoms with E-state index in [0.717, 1.165) is 16.8 Å². The number of nitrogens with two attached hydrogens (primary N) is 1. The third-order valence-electron chi connectivity index (χ3n) is 4.77. The molecule has 0 aliphatic carbocycles. The van der Waals surface area contributed by atoms with Crippen LogP contribution in [0.2, 0.25) is 5.02 Å². The predicted molar refractivity (Wildman–Crippen MR) is 110 cm³/mol. The van der Waals surface area contributed by atoms with Crippen molar-refractivity contribution in [1.29, 1.82) is 0 Å². The van der Waals surface area contributed by atoms with Crippen LogP contribution < -0.4 is 5.73 Å². The Morgan fingerprint density at radius 1 is 0.808 bits per heavy atom. The summed E-state index contributed by atoms with van der Waals surface area (Å²) in [5.74, 6) is 0. The van der Waals surface area contributed by atoms with Crippen LogP contribution in [0, 0.1) is 0 Å². The zero-order chi connectivity index (χ0) is 17.9. The molecule has 0 unspecified atom stereocenters. The summed E-state index contributed by atoms with van der Waals surface area (Å²) in [6.07, 6.45) is 0.822. The lowest BCUT2D eigenvalue weighted by Gasteiger charge is -2.24. The van der Waals surface area contributed by atoms with Gasteiger partial charge in [-0.3, -0.25) is 0 Å². The molecule has 1 aromatic heterocycles. The summed E-state index contributed by atoms with van der Waals surface area (Å²) in [5, 5.41) is 1.91. The molecule has 0 bridgehead atoms. The maximum absolute atomic E-state index is 6.24. The summed E-state index contributed by atoms with van der Waals surface area (Å²) in [7, 11) is 0. The van der Waals surface area contributed by atoms with Gasteiger partial charge in [0.25, 0.3) is 0 Å². The van der Waals surface area contributed by atoms with Gasteiger partial charge in [0.05, 0.1) is 6.04 Å². The molecule has 0 aliphatic rings. The molecule has 0 fully saturated rings. The first-order valence-electron chi connectivity index (χ1n) is 8.87. The lowest BCUT2D eigenvalue weighted by molar-refractivity contribution is 0.663. The second kappa shape index (κ2) is 7.36. The highest BCUT2D eigenvalue weighted by Gasteiger charge is 2.21. The average molecular weight is 361 g/mol. The van der Waals surface area contributed by atoms with Crippen LogP contribution in [0.25, 0.3) is 10.9 Å². The van der Waals surface area contributed by atoms with Crippen molar-refractivity contribution >= 4 is 22.5 Å².